The lowest BCUT2D eigenvalue weighted by Crippen LogP contribution is -2.14. The fourth-order valence-electron chi connectivity index (χ4n) is 2.48. The average Bonchev–Trinajstić information content (AvgIpc) is 2.53. The Morgan fingerprint density at radius 3 is 2.62 bits per heavy atom. The highest BCUT2D eigenvalue weighted by Gasteiger charge is 2.12. The first-order valence-electron chi connectivity index (χ1n) is 7.80. The van der Waals surface area contributed by atoms with Gasteiger partial charge in [-0.3, -0.25) is 9.59 Å². The monoisotopic (exact) mass is 329 g/mol. The highest BCUT2D eigenvalue weighted by atomic mass is 19.1. The molecule has 2 N–H and O–H groups in total. The topological polar surface area (TPSA) is 66.4 Å². The smallest absolute Gasteiger partial charge is 0.303 e. The molecule has 0 aliphatic rings. The molecule has 2 rings (SSSR count). The number of rotatable bonds is 7. The van der Waals surface area contributed by atoms with Crippen molar-refractivity contribution in [1.82, 2.24) is 0 Å². The number of nitrogens with one attached hydrogen (secondary N) is 1. The third-order valence-electron chi connectivity index (χ3n) is 3.75. The summed E-state index contributed by atoms with van der Waals surface area (Å²) in [5.41, 5.74) is 2.27. The van der Waals surface area contributed by atoms with Gasteiger partial charge in [0.15, 0.2) is 0 Å². The van der Waals surface area contributed by atoms with Crippen molar-refractivity contribution in [3.63, 3.8) is 0 Å². The predicted molar refractivity (Wildman–Crippen MR) is 90.5 cm³/mol. The van der Waals surface area contributed by atoms with Crippen molar-refractivity contribution < 1.29 is 19.1 Å². The molecule has 1 unspecified atom stereocenters. The van der Waals surface area contributed by atoms with Crippen molar-refractivity contribution >= 4 is 17.6 Å². The van der Waals surface area contributed by atoms with Gasteiger partial charge in [0.1, 0.15) is 5.82 Å². The molecule has 0 aliphatic carbocycles. The van der Waals surface area contributed by atoms with Crippen molar-refractivity contribution in [2.24, 2.45) is 0 Å². The summed E-state index contributed by atoms with van der Waals surface area (Å²) in [6.45, 7) is 1.87. The fourth-order valence-corrected chi connectivity index (χ4v) is 2.48. The first-order chi connectivity index (χ1) is 11.4. The Morgan fingerprint density at radius 2 is 1.92 bits per heavy atom. The molecule has 1 amide bonds. The van der Waals surface area contributed by atoms with E-state index < -0.39 is 5.97 Å². The fraction of sp³-hybridized carbons (Fsp3) is 0.263. The van der Waals surface area contributed by atoms with E-state index in [1.165, 1.54) is 12.1 Å². The van der Waals surface area contributed by atoms with E-state index >= 15 is 0 Å². The van der Waals surface area contributed by atoms with Crippen LogP contribution in [-0.4, -0.2) is 17.0 Å². The molecule has 2 aromatic carbocycles. The van der Waals surface area contributed by atoms with E-state index in [9.17, 15) is 14.0 Å². The van der Waals surface area contributed by atoms with Crippen LogP contribution in [0, 0.1) is 5.82 Å². The van der Waals surface area contributed by atoms with Crippen molar-refractivity contribution in [2.75, 3.05) is 5.32 Å². The van der Waals surface area contributed by atoms with Gasteiger partial charge in [-0.1, -0.05) is 31.2 Å². The van der Waals surface area contributed by atoms with E-state index in [4.69, 9.17) is 5.11 Å². The van der Waals surface area contributed by atoms with E-state index in [2.05, 4.69) is 5.32 Å². The number of aryl methyl sites for hydroxylation is 1. The summed E-state index contributed by atoms with van der Waals surface area (Å²) in [6, 6.07) is 13.4. The molecule has 0 aliphatic heterocycles. The molecule has 1 atom stereocenters. The van der Waals surface area contributed by atoms with Crippen molar-refractivity contribution in [3.8, 4) is 0 Å². The zero-order valence-corrected chi connectivity index (χ0v) is 13.5. The van der Waals surface area contributed by atoms with Crippen LogP contribution >= 0.6 is 0 Å². The summed E-state index contributed by atoms with van der Waals surface area (Å²) < 4.78 is 13.2. The second-order valence-corrected chi connectivity index (χ2v) is 5.80. The number of halogens is 1. The number of benzene rings is 2. The molecule has 0 radical (unpaired) electrons. The van der Waals surface area contributed by atoms with Crippen LogP contribution in [0.3, 0.4) is 0 Å². The molecular weight excluding hydrogens is 309 g/mol. The highest BCUT2D eigenvalue weighted by Crippen LogP contribution is 2.21. The molecule has 5 heteroatoms. The Kier molecular flexibility index (Phi) is 6.07. The molecule has 0 fully saturated rings. The highest BCUT2D eigenvalue weighted by molar-refractivity contribution is 5.91. The van der Waals surface area contributed by atoms with Gasteiger partial charge in [0, 0.05) is 18.5 Å². The minimum Gasteiger partial charge on any atom is -0.481 e. The Morgan fingerprint density at radius 1 is 1.17 bits per heavy atom. The van der Waals surface area contributed by atoms with Crippen LogP contribution in [-0.2, 0) is 16.0 Å². The second kappa shape index (κ2) is 8.24. The Bertz CT molecular complexity index is 730. The van der Waals surface area contributed by atoms with Crippen LogP contribution in [0.1, 0.15) is 36.8 Å². The lowest BCUT2D eigenvalue weighted by Gasteiger charge is -2.13. The molecule has 24 heavy (non-hydrogen) atoms. The number of anilines is 1. The van der Waals surface area contributed by atoms with Gasteiger partial charge < -0.3 is 10.4 Å². The summed E-state index contributed by atoms with van der Waals surface area (Å²) in [5, 5.41) is 11.5. The lowest BCUT2D eigenvalue weighted by atomic mass is 9.97. The second-order valence-electron chi connectivity index (χ2n) is 5.80. The minimum atomic E-state index is -0.853. The SMILES string of the molecule is CC(CC(=O)Nc1cccc(CCC(=O)O)c1)c1cccc(F)c1. The summed E-state index contributed by atoms with van der Waals surface area (Å²) in [5.74, 6) is -1.43. The maximum atomic E-state index is 13.2. The number of amides is 1. The third-order valence-corrected chi connectivity index (χ3v) is 3.75. The molecule has 0 heterocycles. The number of carbonyl (C=O) groups excluding carboxylic acids is 1. The van der Waals surface area contributed by atoms with Crippen LogP contribution in [0.5, 0.6) is 0 Å². The van der Waals surface area contributed by atoms with Gasteiger partial charge in [-0.05, 0) is 47.7 Å². The summed E-state index contributed by atoms with van der Waals surface area (Å²) in [4.78, 5) is 22.8. The molecule has 0 saturated heterocycles. The van der Waals surface area contributed by atoms with Crippen molar-refractivity contribution in [1.29, 1.82) is 0 Å². The van der Waals surface area contributed by atoms with Crippen LogP contribution in [0.2, 0.25) is 0 Å². The molecule has 0 bridgehead atoms. The van der Waals surface area contributed by atoms with Gasteiger partial charge >= 0.3 is 5.97 Å². The summed E-state index contributed by atoms with van der Waals surface area (Å²) in [7, 11) is 0. The van der Waals surface area contributed by atoms with Gasteiger partial charge in [-0.2, -0.15) is 0 Å². The van der Waals surface area contributed by atoms with Crippen LogP contribution < -0.4 is 5.32 Å². The minimum absolute atomic E-state index is 0.0496. The first-order valence-corrected chi connectivity index (χ1v) is 7.80. The van der Waals surface area contributed by atoms with E-state index in [1.54, 1.807) is 30.3 Å². The molecule has 0 saturated carbocycles. The number of hydrogen-bond acceptors (Lipinski definition) is 2. The van der Waals surface area contributed by atoms with Crippen LogP contribution in [0.15, 0.2) is 48.5 Å². The van der Waals surface area contributed by atoms with Gasteiger partial charge in [-0.15, -0.1) is 0 Å². The van der Waals surface area contributed by atoms with Crippen molar-refractivity contribution in [3.05, 3.63) is 65.5 Å². The van der Waals surface area contributed by atoms with E-state index in [-0.39, 0.29) is 30.5 Å². The van der Waals surface area contributed by atoms with Crippen LogP contribution in [0.25, 0.3) is 0 Å². The molecule has 2 aromatic rings. The van der Waals surface area contributed by atoms with E-state index in [1.807, 2.05) is 13.0 Å². The maximum absolute atomic E-state index is 13.2. The number of carbonyl (C=O) groups is 2. The first kappa shape index (κ1) is 17.7. The predicted octanol–water partition coefficient (Wildman–Crippen LogP) is 3.98. The molecule has 126 valence electrons. The van der Waals surface area contributed by atoms with Crippen LogP contribution in [0.4, 0.5) is 10.1 Å². The van der Waals surface area contributed by atoms with Gasteiger partial charge in [0.2, 0.25) is 5.91 Å². The molecule has 0 aromatic heterocycles. The Labute approximate surface area is 140 Å². The zero-order valence-electron chi connectivity index (χ0n) is 13.5. The zero-order chi connectivity index (χ0) is 17.5. The number of carboxylic acids is 1. The Hall–Kier alpha value is -2.69. The molecular formula is C19H20FNO3. The maximum Gasteiger partial charge on any atom is 0.303 e. The number of aliphatic carboxylic acids is 1. The normalized spacial score (nSPS) is 11.8. The van der Waals surface area contributed by atoms with E-state index in [0.29, 0.717) is 12.1 Å². The quantitative estimate of drug-likeness (QED) is 0.807. The average molecular weight is 329 g/mol. The summed E-state index contributed by atoms with van der Waals surface area (Å²) >= 11 is 0. The Balaban J connectivity index is 1.94. The number of carboxylic acid groups (broad SMARTS) is 1. The van der Waals surface area contributed by atoms with E-state index in [0.717, 1.165) is 11.1 Å². The standard InChI is InChI=1S/C19H20FNO3/c1-13(15-5-3-6-16(20)12-15)10-18(22)21-17-7-2-4-14(11-17)8-9-19(23)24/h2-7,11-13H,8-10H2,1H3,(H,21,22)(H,23,24). The largest absolute Gasteiger partial charge is 0.481 e. The molecule has 0 spiro atoms. The van der Waals surface area contributed by atoms with Crippen molar-refractivity contribution in [2.45, 2.75) is 32.1 Å². The van der Waals surface area contributed by atoms with Gasteiger partial charge in [0.05, 0.1) is 0 Å². The molecule has 4 nitrogen and oxygen atoms in total. The summed E-state index contributed by atoms with van der Waals surface area (Å²) in [6.07, 6.45) is 0.704. The van der Waals surface area contributed by atoms with Gasteiger partial charge in [0.25, 0.3) is 0 Å². The number of hydrogen-bond donors (Lipinski definition) is 2. The third kappa shape index (κ3) is 5.50. The van der Waals surface area contributed by atoms with Gasteiger partial charge in [-0.25, -0.2) is 4.39 Å². The lowest BCUT2D eigenvalue weighted by molar-refractivity contribution is -0.137.